The first-order chi connectivity index (χ1) is 27.3. The predicted molar refractivity (Wildman–Crippen MR) is 232 cm³/mol. The number of nitrogens with zero attached hydrogens (tertiary/aromatic N) is 3. The van der Waals surface area contributed by atoms with Crippen molar-refractivity contribution in [2.45, 2.75) is 0 Å². The van der Waals surface area contributed by atoms with E-state index >= 15 is 0 Å². The van der Waals surface area contributed by atoms with Gasteiger partial charge in [-0.05, 0) is 78.8 Å². The lowest BCUT2D eigenvalue weighted by Gasteiger charge is -2.16. The molecule has 0 N–H and O–H groups in total. The highest BCUT2D eigenvalue weighted by Gasteiger charge is 2.21. The minimum atomic E-state index is 0.645. The van der Waals surface area contributed by atoms with Crippen molar-refractivity contribution >= 4 is 63.8 Å². The van der Waals surface area contributed by atoms with Crippen LogP contribution in [0.25, 0.3) is 109 Å². The first-order valence-corrected chi connectivity index (χ1v) is 19.3. The molecule has 2 heterocycles. The molecule has 0 saturated heterocycles. The molecular formula is C51H31N3S. The van der Waals surface area contributed by atoms with Gasteiger partial charge in [-0.15, -0.1) is 11.3 Å². The average Bonchev–Trinajstić information content (AvgIpc) is 3.64. The maximum atomic E-state index is 5.43. The molecule has 0 amide bonds. The van der Waals surface area contributed by atoms with E-state index in [0.717, 1.165) is 49.4 Å². The lowest BCUT2D eigenvalue weighted by atomic mass is 9.92. The van der Waals surface area contributed by atoms with Crippen molar-refractivity contribution in [1.82, 2.24) is 15.0 Å². The quantitative estimate of drug-likeness (QED) is 0.178. The molecule has 9 aromatic carbocycles. The van der Waals surface area contributed by atoms with Gasteiger partial charge in [0.05, 0.1) is 0 Å². The van der Waals surface area contributed by atoms with Crippen molar-refractivity contribution in [2.24, 2.45) is 0 Å². The fourth-order valence-electron chi connectivity index (χ4n) is 8.13. The summed E-state index contributed by atoms with van der Waals surface area (Å²) in [5, 5.41) is 9.39. The SMILES string of the molecule is c1ccc(-c2ccc3ccccc3c2-c2nc(-c3ccc(-c4ccc5ccccc5c4)c4ccccc34)nc(-c3cccc4c3sc3ccccc34)n2)cc1. The topological polar surface area (TPSA) is 38.7 Å². The smallest absolute Gasteiger partial charge is 0.165 e. The fraction of sp³-hybridized carbons (Fsp3) is 0. The molecule has 0 saturated carbocycles. The maximum absolute atomic E-state index is 5.43. The van der Waals surface area contributed by atoms with Crippen LogP contribution in [-0.2, 0) is 0 Å². The standard InChI is InChI=1S/C51H31N3S/c1-2-14-33(15-3-1)39-28-27-34-16-6-7-18-38(34)47(39)51-53-49(52-50(54-51)45-23-12-22-43-42-21-10-11-24-46(42)55-48(43)45)44-30-29-37(40-19-8-9-20-41(40)44)36-26-25-32-13-4-5-17-35(32)31-36/h1-31H. The van der Waals surface area contributed by atoms with Gasteiger partial charge in [0.1, 0.15) is 0 Å². The van der Waals surface area contributed by atoms with Gasteiger partial charge in [0, 0.05) is 36.9 Å². The summed E-state index contributed by atoms with van der Waals surface area (Å²) in [6, 6.07) is 66.9. The highest BCUT2D eigenvalue weighted by molar-refractivity contribution is 7.26. The van der Waals surface area contributed by atoms with Gasteiger partial charge in [0.2, 0.25) is 0 Å². The zero-order valence-corrected chi connectivity index (χ0v) is 30.5. The third-order valence-corrected chi connectivity index (χ3v) is 12.0. The Hall–Kier alpha value is -7.01. The van der Waals surface area contributed by atoms with Crippen molar-refractivity contribution in [1.29, 1.82) is 0 Å². The van der Waals surface area contributed by atoms with Crippen LogP contribution in [0.2, 0.25) is 0 Å². The highest BCUT2D eigenvalue weighted by Crippen LogP contribution is 2.43. The Bertz CT molecular complexity index is 3270. The van der Waals surface area contributed by atoms with Crippen LogP contribution in [0.1, 0.15) is 0 Å². The van der Waals surface area contributed by atoms with Gasteiger partial charge in [-0.1, -0.05) is 164 Å². The Morgan fingerprint density at radius 3 is 1.73 bits per heavy atom. The molecule has 0 aliphatic heterocycles. The summed E-state index contributed by atoms with van der Waals surface area (Å²) in [5.74, 6) is 1.95. The highest BCUT2D eigenvalue weighted by atomic mass is 32.1. The number of hydrogen-bond donors (Lipinski definition) is 0. The van der Waals surface area contributed by atoms with Crippen LogP contribution in [0, 0.1) is 0 Å². The molecule has 0 unspecified atom stereocenters. The Morgan fingerprint density at radius 1 is 0.309 bits per heavy atom. The lowest BCUT2D eigenvalue weighted by Crippen LogP contribution is -2.02. The number of benzene rings is 9. The van der Waals surface area contributed by atoms with Crippen LogP contribution in [0.4, 0.5) is 0 Å². The van der Waals surface area contributed by atoms with E-state index in [0.29, 0.717) is 17.5 Å². The molecule has 11 rings (SSSR count). The largest absolute Gasteiger partial charge is 0.208 e. The molecule has 0 radical (unpaired) electrons. The molecule has 0 aliphatic rings. The van der Waals surface area contributed by atoms with Crippen LogP contribution >= 0.6 is 11.3 Å². The summed E-state index contributed by atoms with van der Waals surface area (Å²) in [4.78, 5) is 16.2. The first kappa shape index (κ1) is 31.5. The van der Waals surface area contributed by atoms with E-state index in [1.54, 1.807) is 11.3 Å². The summed E-state index contributed by atoms with van der Waals surface area (Å²) in [7, 11) is 0. The average molecular weight is 718 g/mol. The van der Waals surface area contributed by atoms with Gasteiger partial charge < -0.3 is 0 Å². The van der Waals surface area contributed by atoms with Gasteiger partial charge in [-0.2, -0.15) is 0 Å². The normalized spacial score (nSPS) is 11.6. The van der Waals surface area contributed by atoms with E-state index in [2.05, 4.69) is 188 Å². The third kappa shape index (κ3) is 5.30. The Balaban J connectivity index is 1.20. The third-order valence-electron chi connectivity index (χ3n) is 10.7. The van der Waals surface area contributed by atoms with E-state index in [4.69, 9.17) is 15.0 Å². The van der Waals surface area contributed by atoms with Crippen molar-refractivity contribution in [3.8, 4) is 56.4 Å². The molecule has 0 spiro atoms. The lowest BCUT2D eigenvalue weighted by molar-refractivity contribution is 1.08. The first-order valence-electron chi connectivity index (χ1n) is 18.5. The maximum Gasteiger partial charge on any atom is 0.165 e. The summed E-state index contributed by atoms with van der Waals surface area (Å²) < 4.78 is 2.42. The van der Waals surface area contributed by atoms with Crippen molar-refractivity contribution in [3.05, 3.63) is 188 Å². The van der Waals surface area contributed by atoms with E-state index < -0.39 is 0 Å². The van der Waals surface area contributed by atoms with Gasteiger partial charge in [-0.3, -0.25) is 0 Å². The van der Waals surface area contributed by atoms with E-state index in [1.807, 2.05) is 0 Å². The Kier molecular flexibility index (Phi) is 7.35. The van der Waals surface area contributed by atoms with Crippen LogP contribution in [0.15, 0.2) is 188 Å². The second kappa shape index (κ2) is 12.8. The molecule has 11 aromatic rings. The summed E-state index contributed by atoms with van der Waals surface area (Å²) in [6.45, 7) is 0. The van der Waals surface area contributed by atoms with E-state index in [-0.39, 0.29) is 0 Å². The van der Waals surface area contributed by atoms with E-state index in [1.165, 1.54) is 42.1 Å². The molecule has 2 aromatic heterocycles. The van der Waals surface area contributed by atoms with Crippen LogP contribution in [-0.4, -0.2) is 15.0 Å². The molecule has 256 valence electrons. The fourth-order valence-corrected chi connectivity index (χ4v) is 9.34. The zero-order chi connectivity index (χ0) is 36.3. The number of rotatable bonds is 5. The minimum absolute atomic E-state index is 0.645. The summed E-state index contributed by atoms with van der Waals surface area (Å²) in [5.41, 5.74) is 7.52. The van der Waals surface area contributed by atoms with E-state index in [9.17, 15) is 0 Å². The summed E-state index contributed by atoms with van der Waals surface area (Å²) in [6.07, 6.45) is 0. The molecule has 3 nitrogen and oxygen atoms in total. The number of hydrogen-bond acceptors (Lipinski definition) is 4. The van der Waals surface area contributed by atoms with Gasteiger partial charge in [0.15, 0.2) is 17.5 Å². The number of aromatic nitrogens is 3. The molecular weight excluding hydrogens is 687 g/mol. The van der Waals surface area contributed by atoms with Gasteiger partial charge in [-0.25, -0.2) is 15.0 Å². The van der Waals surface area contributed by atoms with Crippen molar-refractivity contribution in [2.75, 3.05) is 0 Å². The minimum Gasteiger partial charge on any atom is -0.208 e. The summed E-state index contributed by atoms with van der Waals surface area (Å²) >= 11 is 1.79. The second-order valence-electron chi connectivity index (χ2n) is 13.9. The second-order valence-corrected chi connectivity index (χ2v) is 15.0. The molecule has 0 aliphatic carbocycles. The monoisotopic (exact) mass is 717 g/mol. The van der Waals surface area contributed by atoms with Crippen molar-refractivity contribution < 1.29 is 0 Å². The molecule has 4 heteroatoms. The molecule has 0 atom stereocenters. The Labute approximate surface area is 321 Å². The predicted octanol–water partition coefficient (Wildman–Crippen LogP) is 14.0. The van der Waals surface area contributed by atoms with Crippen LogP contribution in [0.5, 0.6) is 0 Å². The van der Waals surface area contributed by atoms with Crippen molar-refractivity contribution in [3.63, 3.8) is 0 Å². The van der Waals surface area contributed by atoms with Crippen LogP contribution in [0.3, 0.4) is 0 Å². The number of thiophene rings is 1. The van der Waals surface area contributed by atoms with Crippen LogP contribution < -0.4 is 0 Å². The Morgan fingerprint density at radius 2 is 0.891 bits per heavy atom. The number of fused-ring (bicyclic) bond motifs is 6. The molecule has 55 heavy (non-hydrogen) atoms. The van der Waals surface area contributed by atoms with Gasteiger partial charge >= 0.3 is 0 Å². The molecule has 0 fully saturated rings. The molecule has 0 bridgehead atoms. The zero-order valence-electron chi connectivity index (χ0n) is 29.6. The van der Waals surface area contributed by atoms with Gasteiger partial charge in [0.25, 0.3) is 0 Å².